The molecule has 0 saturated heterocycles. The van der Waals surface area contributed by atoms with E-state index in [2.05, 4.69) is 48.0 Å². The third-order valence-electron chi connectivity index (χ3n) is 3.38. The monoisotopic (exact) mass is 295 g/mol. The molecule has 3 N–H and O–H groups in total. The van der Waals surface area contributed by atoms with Gasteiger partial charge in [0.1, 0.15) is 6.33 Å². The number of nitrogens with one attached hydrogen (secondary N) is 1. The standard InChI is InChI=1S/C15H29N5O/c1-11(2)6-8-20(9-7-12(3)4)15-13(21-5)14(19-16)17-10-18-15/h10-12H,6-9,16H2,1-5H3,(H,17,18,19). The third-order valence-corrected chi connectivity index (χ3v) is 3.38. The largest absolute Gasteiger partial charge is 0.490 e. The lowest BCUT2D eigenvalue weighted by atomic mass is 10.1. The molecular formula is C15H29N5O. The highest BCUT2D eigenvalue weighted by molar-refractivity contribution is 5.64. The summed E-state index contributed by atoms with van der Waals surface area (Å²) in [7, 11) is 1.62. The van der Waals surface area contributed by atoms with Crippen LogP contribution in [0.25, 0.3) is 0 Å². The molecule has 0 amide bonds. The Balaban J connectivity index is 3.00. The molecular weight excluding hydrogens is 266 g/mol. The van der Waals surface area contributed by atoms with Crippen molar-refractivity contribution in [1.82, 2.24) is 9.97 Å². The van der Waals surface area contributed by atoms with E-state index in [9.17, 15) is 0 Å². The molecule has 0 fully saturated rings. The number of aromatic nitrogens is 2. The van der Waals surface area contributed by atoms with Crippen molar-refractivity contribution in [3.05, 3.63) is 6.33 Å². The Morgan fingerprint density at radius 1 is 1.14 bits per heavy atom. The summed E-state index contributed by atoms with van der Waals surface area (Å²) < 4.78 is 5.45. The Hall–Kier alpha value is -1.56. The van der Waals surface area contributed by atoms with Gasteiger partial charge in [0.2, 0.25) is 5.75 Å². The molecule has 0 aromatic carbocycles. The van der Waals surface area contributed by atoms with Gasteiger partial charge in [0, 0.05) is 13.1 Å². The maximum atomic E-state index is 5.50. The van der Waals surface area contributed by atoms with Crippen molar-refractivity contribution in [3.63, 3.8) is 0 Å². The number of ether oxygens (including phenoxy) is 1. The Morgan fingerprint density at radius 3 is 2.14 bits per heavy atom. The number of nitrogen functional groups attached to an aromatic ring is 1. The van der Waals surface area contributed by atoms with Gasteiger partial charge in [-0.15, -0.1) is 0 Å². The van der Waals surface area contributed by atoms with Crippen LogP contribution in [0.1, 0.15) is 40.5 Å². The van der Waals surface area contributed by atoms with E-state index in [0.717, 1.165) is 31.7 Å². The molecule has 0 radical (unpaired) electrons. The number of hydrogen-bond acceptors (Lipinski definition) is 6. The summed E-state index contributed by atoms with van der Waals surface area (Å²) in [6, 6.07) is 0. The highest BCUT2D eigenvalue weighted by atomic mass is 16.5. The molecule has 21 heavy (non-hydrogen) atoms. The lowest BCUT2D eigenvalue weighted by Crippen LogP contribution is -2.29. The van der Waals surface area contributed by atoms with Crippen molar-refractivity contribution < 1.29 is 4.74 Å². The van der Waals surface area contributed by atoms with Gasteiger partial charge in [-0.1, -0.05) is 27.7 Å². The molecule has 120 valence electrons. The summed E-state index contributed by atoms with van der Waals surface area (Å²) in [5.41, 5.74) is 2.57. The van der Waals surface area contributed by atoms with Crippen molar-refractivity contribution >= 4 is 11.6 Å². The first-order valence-electron chi connectivity index (χ1n) is 7.60. The van der Waals surface area contributed by atoms with Gasteiger partial charge in [-0.05, 0) is 24.7 Å². The summed E-state index contributed by atoms with van der Waals surface area (Å²) in [6.07, 6.45) is 3.73. The summed E-state index contributed by atoms with van der Waals surface area (Å²) in [5, 5.41) is 0. The van der Waals surface area contributed by atoms with E-state index in [1.807, 2.05) is 0 Å². The first-order chi connectivity index (χ1) is 9.99. The van der Waals surface area contributed by atoms with Crippen molar-refractivity contribution in [3.8, 4) is 5.75 Å². The minimum Gasteiger partial charge on any atom is -0.490 e. The maximum Gasteiger partial charge on any atom is 0.205 e. The van der Waals surface area contributed by atoms with E-state index in [1.54, 1.807) is 7.11 Å². The van der Waals surface area contributed by atoms with E-state index < -0.39 is 0 Å². The minimum absolute atomic E-state index is 0.515. The number of hydrogen-bond donors (Lipinski definition) is 2. The predicted molar refractivity (Wildman–Crippen MR) is 87.5 cm³/mol. The zero-order valence-corrected chi connectivity index (χ0v) is 13.9. The molecule has 0 unspecified atom stereocenters. The van der Waals surface area contributed by atoms with Gasteiger partial charge < -0.3 is 15.1 Å². The van der Waals surface area contributed by atoms with Crippen molar-refractivity contribution in [1.29, 1.82) is 0 Å². The predicted octanol–water partition coefficient (Wildman–Crippen LogP) is 2.67. The number of anilines is 2. The van der Waals surface area contributed by atoms with E-state index in [0.29, 0.717) is 23.4 Å². The van der Waals surface area contributed by atoms with Crippen LogP contribution in [-0.4, -0.2) is 30.2 Å². The fourth-order valence-electron chi connectivity index (χ4n) is 2.03. The van der Waals surface area contributed by atoms with Crippen LogP contribution in [0.5, 0.6) is 5.75 Å². The second-order valence-electron chi connectivity index (χ2n) is 6.08. The molecule has 6 nitrogen and oxygen atoms in total. The first kappa shape index (κ1) is 17.5. The van der Waals surface area contributed by atoms with Gasteiger partial charge in [0.25, 0.3) is 0 Å². The topological polar surface area (TPSA) is 76.3 Å². The molecule has 1 aromatic heterocycles. The van der Waals surface area contributed by atoms with Crippen LogP contribution in [0, 0.1) is 11.8 Å². The minimum atomic E-state index is 0.515. The quantitative estimate of drug-likeness (QED) is 0.539. The number of nitrogens with zero attached hydrogens (tertiary/aromatic N) is 3. The lowest BCUT2D eigenvalue weighted by molar-refractivity contribution is 0.410. The summed E-state index contributed by atoms with van der Waals surface area (Å²) >= 11 is 0. The smallest absolute Gasteiger partial charge is 0.205 e. The second kappa shape index (κ2) is 8.67. The molecule has 0 spiro atoms. The highest BCUT2D eigenvalue weighted by Gasteiger charge is 2.18. The Morgan fingerprint density at radius 2 is 1.71 bits per heavy atom. The van der Waals surface area contributed by atoms with Gasteiger partial charge in [-0.2, -0.15) is 0 Å². The zero-order chi connectivity index (χ0) is 15.8. The average Bonchev–Trinajstić information content (AvgIpc) is 2.45. The zero-order valence-electron chi connectivity index (χ0n) is 13.9. The van der Waals surface area contributed by atoms with Crippen molar-refractivity contribution in [2.75, 3.05) is 30.5 Å². The lowest BCUT2D eigenvalue weighted by Gasteiger charge is -2.27. The van der Waals surface area contributed by atoms with Crippen LogP contribution in [0.3, 0.4) is 0 Å². The summed E-state index contributed by atoms with van der Waals surface area (Å²) in [6.45, 7) is 10.8. The van der Waals surface area contributed by atoms with Gasteiger partial charge in [0.05, 0.1) is 7.11 Å². The molecule has 0 atom stereocenters. The van der Waals surface area contributed by atoms with Gasteiger partial charge in [-0.3, -0.25) is 0 Å². The molecule has 6 heteroatoms. The SMILES string of the molecule is COc1c(NN)ncnc1N(CCC(C)C)CCC(C)C. The van der Waals surface area contributed by atoms with Crippen LogP contribution in [0.4, 0.5) is 11.6 Å². The summed E-state index contributed by atoms with van der Waals surface area (Å²) in [4.78, 5) is 10.8. The molecule has 0 saturated carbocycles. The molecule has 0 aliphatic rings. The highest BCUT2D eigenvalue weighted by Crippen LogP contribution is 2.32. The van der Waals surface area contributed by atoms with Gasteiger partial charge in [0.15, 0.2) is 11.6 Å². The van der Waals surface area contributed by atoms with Gasteiger partial charge >= 0.3 is 0 Å². The Kier molecular flexibility index (Phi) is 7.22. The Labute approximate surface area is 128 Å². The molecule has 1 heterocycles. The number of nitrogens with two attached hydrogens (primary N) is 1. The third kappa shape index (κ3) is 5.38. The average molecular weight is 295 g/mol. The normalized spacial score (nSPS) is 11.0. The number of methoxy groups -OCH3 is 1. The fraction of sp³-hybridized carbons (Fsp3) is 0.733. The van der Waals surface area contributed by atoms with Crippen LogP contribution in [-0.2, 0) is 0 Å². The Bertz CT molecular complexity index is 411. The molecule has 0 bridgehead atoms. The molecule has 1 aromatic rings. The second-order valence-corrected chi connectivity index (χ2v) is 6.08. The number of rotatable bonds is 9. The summed E-state index contributed by atoms with van der Waals surface area (Å²) in [5.74, 6) is 8.72. The van der Waals surface area contributed by atoms with Crippen LogP contribution < -0.4 is 20.9 Å². The van der Waals surface area contributed by atoms with E-state index in [4.69, 9.17) is 10.6 Å². The fourth-order valence-corrected chi connectivity index (χ4v) is 2.03. The van der Waals surface area contributed by atoms with Crippen LogP contribution in [0.2, 0.25) is 0 Å². The van der Waals surface area contributed by atoms with E-state index in [1.165, 1.54) is 6.33 Å². The number of hydrazine groups is 1. The van der Waals surface area contributed by atoms with Crippen LogP contribution in [0.15, 0.2) is 6.33 Å². The van der Waals surface area contributed by atoms with E-state index >= 15 is 0 Å². The van der Waals surface area contributed by atoms with Crippen molar-refractivity contribution in [2.24, 2.45) is 17.7 Å². The molecule has 1 rings (SSSR count). The maximum absolute atomic E-state index is 5.50. The van der Waals surface area contributed by atoms with Gasteiger partial charge in [-0.25, -0.2) is 15.8 Å². The molecule has 0 aliphatic heterocycles. The van der Waals surface area contributed by atoms with Crippen LogP contribution >= 0.6 is 0 Å². The van der Waals surface area contributed by atoms with Crippen molar-refractivity contribution in [2.45, 2.75) is 40.5 Å². The molecule has 0 aliphatic carbocycles. The first-order valence-corrected chi connectivity index (χ1v) is 7.60. The van der Waals surface area contributed by atoms with E-state index in [-0.39, 0.29) is 0 Å².